The van der Waals surface area contributed by atoms with Gasteiger partial charge in [-0.3, -0.25) is 0 Å². The van der Waals surface area contributed by atoms with Crippen molar-refractivity contribution in [1.82, 2.24) is 4.90 Å². The Kier molecular flexibility index (Phi) is 6.49. The maximum absolute atomic E-state index is 2.30. The predicted molar refractivity (Wildman–Crippen MR) is 55.9 cm³/mol. The molecule has 0 radical (unpaired) electrons. The van der Waals surface area contributed by atoms with E-state index in [4.69, 9.17) is 0 Å². The number of nitrogens with zero attached hydrogens (tertiary/aromatic N) is 1. The third kappa shape index (κ3) is 4.94. The number of halogens is 1. The fourth-order valence-corrected chi connectivity index (χ4v) is 2.61. The van der Waals surface area contributed by atoms with Crippen LogP contribution >= 0.6 is 24.2 Å². The zero-order chi connectivity index (χ0) is 7.40. The molecule has 1 unspecified atom stereocenters. The fourth-order valence-electron chi connectivity index (χ4n) is 1.47. The first kappa shape index (κ1) is 11.6. The van der Waals surface area contributed by atoms with E-state index < -0.39 is 0 Å². The summed E-state index contributed by atoms with van der Waals surface area (Å²) in [6, 6.07) is 0. The maximum atomic E-state index is 2.30. The Balaban J connectivity index is 0.000001000. The zero-order valence-corrected chi connectivity index (χ0v) is 9.01. The summed E-state index contributed by atoms with van der Waals surface area (Å²) in [4.78, 5) is 2.30. The Bertz CT molecular complexity index is 92.1. The highest BCUT2D eigenvalue weighted by Crippen LogP contribution is 2.22. The molecule has 1 heterocycles. The van der Waals surface area contributed by atoms with E-state index >= 15 is 0 Å². The van der Waals surface area contributed by atoms with E-state index in [2.05, 4.69) is 30.8 Å². The summed E-state index contributed by atoms with van der Waals surface area (Å²) in [5, 5.41) is 0. The largest absolute Gasteiger partial charge is 0.309 e. The average molecular weight is 196 g/mol. The van der Waals surface area contributed by atoms with Crippen LogP contribution in [0.2, 0.25) is 0 Å². The van der Waals surface area contributed by atoms with Crippen LogP contribution in [0, 0.1) is 5.92 Å². The van der Waals surface area contributed by atoms with Crippen LogP contribution < -0.4 is 0 Å². The lowest BCUT2D eigenvalue weighted by Crippen LogP contribution is -2.25. The van der Waals surface area contributed by atoms with E-state index in [1.165, 1.54) is 30.9 Å². The molecular formula is C8H18ClNS. The van der Waals surface area contributed by atoms with Gasteiger partial charge in [0.15, 0.2) is 0 Å². The van der Waals surface area contributed by atoms with Gasteiger partial charge < -0.3 is 4.90 Å². The van der Waals surface area contributed by atoms with Crippen molar-refractivity contribution in [1.29, 1.82) is 0 Å². The van der Waals surface area contributed by atoms with Gasteiger partial charge in [-0.05, 0) is 44.4 Å². The van der Waals surface area contributed by atoms with Gasteiger partial charge in [-0.15, -0.1) is 12.4 Å². The van der Waals surface area contributed by atoms with Gasteiger partial charge >= 0.3 is 0 Å². The normalized spacial score (nSPS) is 24.8. The Morgan fingerprint density at radius 1 is 1.45 bits per heavy atom. The van der Waals surface area contributed by atoms with Crippen LogP contribution in [-0.2, 0) is 0 Å². The van der Waals surface area contributed by atoms with Gasteiger partial charge in [-0.2, -0.15) is 11.8 Å². The summed E-state index contributed by atoms with van der Waals surface area (Å²) in [5.74, 6) is 3.75. The van der Waals surface area contributed by atoms with E-state index in [1.807, 2.05) is 0 Å². The molecule has 1 atom stereocenters. The summed E-state index contributed by atoms with van der Waals surface area (Å²) >= 11 is 2.12. The maximum Gasteiger partial charge on any atom is 0.00115 e. The fraction of sp³-hybridized carbons (Fsp3) is 1.00. The molecule has 0 aromatic carbocycles. The van der Waals surface area contributed by atoms with Crippen LogP contribution in [0.25, 0.3) is 0 Å². The summed E-state index contributed by atoms with van der Waals surface area (Å²) in [5.41, 5.74) is 0. The molecule has 0 N–H and O–H groups in total. The topological polar surface area (TPSA) is 3.24 Å². The minimum absolute atomic E-state index is 0. The second-order valence-electron chi connectivity index (χ2n) is 3.35. The van der Waals surface area contributed by atoms with Crippen molar-refractivity contribution in [3.63, 3.8) is 0 Å². The van der Waals surface area contributed by atoms with Gasteiger partial charge in [0.25, 0.3) is 0 Å². The Morgan fingerprint density at radius 3 is 2.64 bits per heavy atom. The second-order valence-corrected chi connectivity index (χ2v) is 4.50. The molecule has 68 valence electrons. The van der Waals surface area contributed by atoms with Crippen LogP contribution in [0.1, 0.15) is 12.8 Å². The van der Waals surface area contributed by atoms with E-state index in [1.54, 1.807) is 0 Å². The first-order valence-corrected chi connectivity index (χ1v) is 5.17. The van der Waals surface area contributed by atoms with Crippen molar-refractivity contribution in [2.24, 2.45) is 5.92 Å². The molecule has 1 fully saturated rings. The summed E-state index contributed by atoms with van der Waals surface area (Å²) in [6.45, 7) is 1.28. The van der Waals surface area contributed by atoms with Crippen LogP contribution in [0.4, 0.5) is 0 Å². The van der Waals surface area contributed by atoms with Crippen LogP contribution in [0.15, 0.2) is 0 Å². The van der Waals surface area contributed by atoms with Crippen molar-refractivity contribution in [3.05, 3.63) is 0 Å². The molecule has 0 bridgehead atoms. The van der Waals surface area contributed by atoms with Crippen molar-refractivity contribution >= 4 is 24.2 Å². The first-order valence-electron chi connectivity index (χ1n) is 4.01. The molecule has 0 aromatic heterocycles. The van der Waals surface area contributed by atoms with E-state index in [-0.39, 0.29) is 12.4 Å². The van der Waals surface area contributed by atoms with Crippen molar-refractivity contribution in [3.8, 4) is 0 Å². The highest BCUT2D eigenvalue weighted by atomic mass is 35.5. The third-order valence-corrected chi connectivity index (χ3v) is 3.16. The lowest BCUT2D eigenvalue weighted by atomic mass is 10.1. The molecule has 1 aliphatic heterocycles. The first-order chi connectivity index (χ1) is 4.79. The van der Waals surface area contributed by atoms with Gasteiger partial charge in [0.05, 0.1) is 0 Å². The van der Waals surface area contributed by atoms with Gasteiger partial charge in [0.2, 0.25) is 0 Å². The summed E-state index contributed by atoms with van der Waals surface area (Å²) < 4.78 is 0. The molecule has 0 amide bonds. The van der Waals surface area contributed by atoms with Crippen LogP contribution in [0.3, 0.4) is 0 Å². The number of hydrogen-bond donors (Lipinski definition) is 0. The van der Waals surface area contributed by atoms with Gasteiger partial charge in [0.1, 0.15) is 0 Å². The van der Waals surface area contributed by atoms with Crippen LogP contribution in [-0.4, -0.2) is 37.0 Å². The minimum Gasteiger partial charge on any atom is -0.309 e. The van der Waals surface area contributed by atoms with E-state index in [0.717, 1.165) is 5.92 Å². The van der Waals surface area contributed by atoms with E-state index in [0.29, 0.717) is 0 Å². The quantitative estimate of drug-likeness (QED) is 0.664. The molecule has 1 saturated heterocycles. The van der Waals surface area contributed by atoms with Crippen molar-refractivity contribution < 1.29 is 0 Å². The summed E-state index contributed by atoms with van der Waals surface area (Å²) in [7, 11) is 4.33. The smallest absolute Gasteiger partial charge is 0.00115 e. The molecule has 1 rings (SSSR count). The molecule has 0 saturated carbocycles. The highest BCUT2D eigenvalue weighted by molar-refractivity contribution is 7.99. The standard InChI is InChI=1S/C8H17NS.ClH/c1-9(2)6-8-4-3-5-10-7-8;/h8H,3-7H2,1-2H3;1H. The molecule has 11 heavy (non-hydrogen) atoms. The Morgan fingerprint density at radius 2 is 2.18 bits per heavy atom. The van der Waals surface area contributed by atoms with Gasteiger partial charge in [-0.25, -0.2) is 0 Å². The molecular weight excluding hydrogens is 178 g/mol. The number of hydrogen-bond acceptors (Lipinski definition) is 2. The molecule has 0 spiro atoms. The van der Waals surface area contributed by atoms with Crippen molar-refractivity contribution in [2.75, 3.05) is 32.1 Å². The van der Waals surface area contributed by atoms with Crippen LogP contribution in [0.5, 0.6) is 0 Å². The summed E-state index contributed by atoms with van der Waals surface area (Å²) in [6.07, 6.45) is 2.88. The van der Waals surface area contributed by atoms with Gasteiger partial charge in [0, 0.05) is 6.54 Å². The lowest BCUT2D eigenvalue weighted by molar-refractivity contribution is 0.327. The number of thioether (sulfide) groups is 1. The molecule has 0 aliphatic carbocycles. The third-order valence-electron chi connectivity index (χ3n) is 1.88. The SMILES string of the molecule is CN(C)CC1CCCSC1.Cl. The predicted octanol–water partition coefficient (Wildman–Crippen LogP) is 2.11. The van der Waals surface area contributed by atoms with E-state index in [9.17, 15) is 0 Å². The molecule has 1 aliphatic rings. The minimum atomic E-state index is 0. The Labute approximate surface area is 80.3 Å². The van der Waals surface area contributed by atoms with Crippen molar-refractivity contribution in [2.45, 2.75) is 12.8 Å². The molecule has 3 heteroatoms. The zero-order valence-electron chi connectivity index (χ0n) is 7.38. The number of rotatable bonds is 2. The monoisotopic (exact) mass is 195 g/mol. The lowest BCUT2D eigenvalue weighted by Gasteiger charge is -2.24. The highest BCUT2D eigenvalue weighted by Gasteiger charge is 2.13. The molecule has 1 nitrogen and oxygen atoms in total. The van der Waals surface area contributed by atoms with Gasteiger partial charge in [-0.1, -0.05) is 0 Å². The average Bonchev–Trinajstić information content (AvgIpc) is 1.88. The second kappa shape index (κ2) is 6.15. The Hall–Kier alpha value is 0.600. The molecule has 0 aromatic rings.